The van der Waals surface area contributed by atoms with E-state index in [0.717, 1.165) is 56.5 Å². The van der Waals surface area contributed by atoms with Crippen molar-refractivity contribution in [3.63, 3.8) is 0 Å². The molecule has 1 aromatic carbocycles. The number of fused-ring (bicyclic) bond motifs is 2. The highest BCUT2D eigenvalue weighted by atomic mass is 16.3. The second-order valence-corrected chi connectivity index (χ2v) is 7.25. The lowest BCUT2D eigenvalue weighted by Crippen LogP contribution is -2.40. The van der Waals surface area contributed by atoms with Crippen LogP contribution in [0.5, 0.6) is 0 Å². The van der Waals surface area contributed by atoms with Gasteiger partial charge in [0.1, 0.15) is 0 Å². The molecule has 25 heavy (non-hydrogen) atoms. The third-order valence-corrected chi connectivity index (χ3v) is 5.34. The van der Waals surface area contributed by atoms with Gasteiger partial charge >= 0.3 is 0 Å². The summed E-state index contributed by atoms with van der Waals surface area (Å²) in [5.41, 5.74) is 4.77. The largest absolute Gasteiger partial charge is 0.390 e. The van der Waals surface area contributed by atoms with Crippen molar-refractivity contribution in [2.24, 2.45) is 0 Å². The Kier molecular flexibility index (Phi) is 4.68. The highest BCUT2D eigenvalue weighted by Crippen LogP contribution is 2.19. The maximum Gasteiger partial charge on any atom is 0.267 e. The molecule has 132 valence electrons. The first-order chi connectivity index (χ1) is 12.2. The molecule has 1 atom stereocenters. The Labute approximate surface area is 147 Å². The Morgan fingerprint density at radius 1 is 1.04 bits per heavy atom. The van der Waals surface area contributed by atoms with Crippen LogP contribution in [0.3, 0.4) is 0 Å². The van der Waals surface area contributed by atoms with Gasteiger partial charge in [-0.05, 0) is 48.8 Å². The van der Waals surface area contributed by atoms with Gasteiger partial charge in [-0.3, -0.25) is 9.69 Å². The lowest BCUT2D eigenvalue weighted by atomic mass is 9.97. The standard InChI is InChI=1S/C20H25N3O2/c24-18(13-22-10-9-15-5-1-2-7-17(15)12-22)14-23-20(25)11-16-6-3-4-8-19(16)21-23/h1-2,5,7,11,18,24H,3-4,6,8-10,12-14H2/t18-/m0/s1. The molecule has 2 aromatic rings. The normalized spacial score (nSPS) is 18.4. The van der Waals surface area contributed by atoms with Gasteiger partial charge in [0.25, 0.3) is 5.56 Å². The quantitative estimate of drug-likeness (QED) is 0.918. The zero-order valence-corrected chi connectivity index (χ0v) is 14.5. The van der Waals surface area contributed by atoms with Gasteiger partial charge in [-0.1, -0.05) is 24.3 Å². The molecule has 0 saturated heterocycles. The van der Waals surface area contributed by atoms with Gasteiger partial charge in [-0.25, -0.2) is 4.68 Å². The summed E-state index contributed by atoms with van der Waals surface area (Å²) in [7, 11) is 0. The maximum atomic E-state index is 12.3. The molecular formula is C20H25N3O2. The molecule has 5 heteroatoms. The molecule has 1 aromatic heterocycles. The molecule has 2 heterocycles. The van der Waals surface area contributed by atoms with E-state index in [4.69, 9.17) is 0 Å². The van der Waals surface area contributed by atoms with E-state index < -0.39 is 6.10 Å². The van der Waals surface area contributed by atoms with Crippen molar-refractivity contribution in [1.82, 2.24) is 14.7 Å². The van der Waals surface area contributed by atoms with Crippen LogP contribution < -0.4 is 5.56 Å². The minimum Gasteiger partial charge on any atom is -0.390 e. The minimum absolute atomic E-state index is 0.0938. The molecule has 0 radical (unpaired) electrons. The third-order valence-electron chi connectivity index (χ3n) is 5.34. The Bertz CT molecular complexity index is 815. The fraction of sp³-hybridized carbons (Fsp3) is 0.500. The van der Waals surface area contributed by atoms with E-state index in [9.17, 15) is 9.90 Å². The Hall–Kier alpha value is -1.98. The molecule has 0 amide bonds. The van der Waals surface area contributed by atoms with Crippen LogP contribution in [0, 0.1) is 0 Å². The minimum atomic E-state index is -0.586. The summed E-state index contributed by atoms with van der Waals surface area (Å²) in [5.74, 6) is 0. The van der Waals surface area contributed by atoms with Gasteiger partial charge in [0.2, 0.25) is 0 Å². The van der Waals surface area contributed by atoms with E-state index in [0.29, 0.717) is 6.54 Å². The molecule has 4 rings (SSSR count). The van der Waals surface area contributed by atoms with Crippen molar-refractivity contribution in [3.8, 4) is 0 Å². The lowest BCUT2D eigenvalue weighted by molar-refractivity contribution is 0.0873. The van der Waals surface area contributed by atoms with Crippen molar-refractivity contribution in [2.45, 2.75) is 51.3 Å². The number of aliphatic hydroxyl groups is 1. The van der Waals surface area contributed by atoms with Crippen molar-refractivity contribution in [3.05, 3.63) is 63.1 Å². The summed E-state index contributed by atoms with van der Waals surface area (Å²) >= 11 is 0. The van der Waals surface area contributed by atoms with Crippen LogP contribution in [0.1, 0.15) is 35.2 Å². The van der Waals surface area contributed by atoms with E-state index in [1.165, 1.54) is 15.8 Å². The molecule has 0 bridgehead atoms. The van der Waals surface area contributed by atoms with Crippen molar-refractivity contribution in [1.29, 1.82) is 0 Å². The topological polar surface area (TPSA) is 58.4 Å². The van der Waals surface area contributed by atoms with Crippen LogP contribution in [0.25, 0.3) is 0 Å². The van der Waals surface area contributed by atoms with Crippen molar-refractivity contribution in [2.75, 3.05) is 13.1 Å². The number of hydrogen-bond donors (Lipinski definition) is 1. The summed E-state index contributed by atoms with van der Waals surface area (Å²) in [6, 6.07) is 10.2. The number of rotatable bonds is 4. The lowest BCUT2D eigenvalue weighted by Gasteiger charge is -2.30. The second-order valence-electron chi connectivity index (χ2n) is 7.25. The van der Waals surface area contributed by atoms with Crippen LogP contribution in [0.2, 0.25) is 0 Å². The Balaban J connectivity index is 1.41. The van der Waals surface area contributed by atoms with E-state index in [2.05, 4.69) is 34.3 Å². The second kappa shape index (κ2) is 7.10. The number of aromatic nitrogens is 2. The average molecular weight is 339 g/mol. The Morgan fingerprint density at radius 3 is 2.72 bits per heavy atom. The fourth-order valence-electron chi connectivity index (χ4n) is 4.00. The fourth-order valence-corrected chi connectivity index (χ4v) is 4.00. The first-order valence-electron chi connectivity index (χ1n) is 9.26. The number of aryl methyl sites for hydroxylation is 2. The van der Waals surface area contributed by atoms with Crippen LogP contribution in [0.15, 0.2) is 35.1 Å². The zero-order chi connectivity index (χ0) is 17.2. The van der Waals surface area contributed by atoms with Gasteiger partial charge in [-0.15, -0.1) is 0 Å². The highest BCUT2D eigenvalue weighted by Gasteiger charge is 2.20. The van der Waals surface area contributed by atoms with Gasteiger partial charge in [0.15, 0.2) is 0 Å². The Morgan fingerprint density at radius 2 is 1.84 bits per heavy atom. The van der Waals surface area contributed by atoms with E-state index in [-0.39, 0.29) is 12.1 Å². The van der Waals surface area contributed by atoms with Gasteiger partial charge in [-0.2, -0.15) is 5.10 Å². The van der Waals surface area contributed by atoms with Crippen LogP contribution in [-0.4, -0.2) is 39.0 Å². The molecule has 0 saturated carbocycles. The van der Waals surface area contributed by atoms with Crippen molar-refractivity contribution < 1.29 is 5.11 Å². The van der Waals surface area contributed by atoms with Crippen LogP contribution in [0.4, 0.5) is 0 Å². The number of β-amino-alcohol motifs (C(OH)–C–C–N with tert-alkyl or cyclic N) is 1. The predicted molar refractivity (Wildman–Crippen MR) is 96.6 cm³/mol. The van der Waals surface area contributed by atoms with E-state index in [1.54, 1.807) is 6.07 Å². The van der Waals surface area contributed by atoms with Crippen molar-refractivity contribution >= 4 is 0 Å². The van der Waals surface area contributed by atoms with E-state index >= 15 is 0 Å². The summed E-state index contributed by atoms with van der Waals surface area (Å²) in [6.45, 7) is 2.64. The molecule has 1 aliphatic carbocycles. The number of nitrogens with zero attached hydrogens (tertiary/aromatic N) is 3. The number of hydrogen-bond acceptors (Lipinski definition) is 4. The van der Waals surface area contributed by atoms with Gasteiger partial charge < -0.3 is 5.11 Å². The van der Waals surface area contributed by atoms with Crippen LogP contribution in [-0.2, 0) is 32.4 Å². The molecule has 0 spiro atoms. The zero-order valence-electron chi connectivity index (χ0n) is 14.5. The summed E-state index contributed by atoms with van der Waals surface area (Å²) in [5, 5.41) is 15.0. The summed E-state index contributed by atoms with van der Waals surface area (Å²) < 4.78 is 1.45. The monoisotopic (exact) mass is 339 g/mol. The van der Waals surface area contributed by atoms with Gasteiger partial charge in [0, 0.05) is 25.7 Å². The summed E-state index contributed by atoms with van der Waals surface area (Å²) in [6.07, 6.45) is 4.59. The average Bonchev–Trinajstić information content (AvgIpc) is 2.62. The first-order valence-corrected chi connectivity index (χ1v) is 9.26. The summed E-state index contributed by atoms with van der Waals surface area (Å²) in [4.78, 5) is 14.5. The van der Waals surface area contributed by atoms with E-state index in [1.807, 2.05) is 0 Å². The third kappa shape index (κ3) is 3.67. The molecule has 0 fully saturated rings. The number of benzene rings is 1. The molecule has 1 aliphatic heterocycles. The highest BCUT2D eigenvalue weighted by molar-refractivity contribution is 5.29. The van der Waals surface area contributed by atoms with Gasteiger partial charge in [0.05, 0.1) is 18.3 Å². The predicted octanol–water partition coefficient (Wildman–Crippen LogP) is 1.54. The first kappa shape index (κ1) is 16.5. The molecule has 0 unspecified atom stereocenters. The van der Waals surface area contributed by atoms with Crippen LogP contribution >= 0.6 is 0 Å². The molecule has 2 aliphatic rings. The smallest absolute Gasteiger partial charge is 0.267 e. The molecular weight excluding hydrogens is 314 g/mol. The molecule has 1 N–H and O–H groups in total. The molecule has 5 nitrogen and oxygen atoms in total. The SMILES string of the molecule is O=c1cc2c(nn1C[C@@H](O)CN1CCc3ccccc3C1)CCCC2. The maximum absolute atomic E-state index is 12.3. The number of aliphatic hydroxyl groups excluding tert-OH is 1.